The maximum absolute atomic E-state index is 13.0. The lowest BCUT2D eigenvalue weighted by molar-refractivity contribution is -0.120. The number of unbranched alkanes of at least 4 members (excludes halogenated alkanes) is 1. The molecule has 3 nitrogen and oxygen atoms in total. The summed E-state index contributed by atoms with van der Waals surface area (Å²) in [7, 11) is 0. The average molecular weight is 323 g/mol. The maximum Gasteiger partial charge on any atom is 0.230 e. The van der Waals surface area contributed by atoms with Crippen molar-refractivity contribution in [3.05, 3.63) is 30.3 Å². The van der Waals surface area contributed by atoms with E-state index in [1.807, 2.05) is 23.1 Å². The number of carbonyl (C=O) groups excluding carboxylic acids is 1. The molecule has 0 bridgehead atoms. The third-order valence-electron chi connectivity index (χ3n) is 5.16. The number of rotatable bonds is 5. The molecule has 0 aromatic heterocycles. The molecule has 4 heteroatoms. The predicted octanol–water partition coefficient (Wildman–Crippen LogP) is 3.63. The zero-order valence-electron chi connectivity index (χ0n) is 13.4. The Balaban J connectivity index is 0.00000176. The fraction of sp³-hybridized carbons (Fsp3) is 0.611. The average Bonchev–Trinajstić information content (AvgIpc) is 3.22. The molecule has 1 amide bonds. The third kappa shape index (κ3) is 3.47. The SMILES string of the molecule is CCCCN(C(=O)C1CC12CCNCC2)c1ccccc1.Cl. The normalized spacial score (nSPS) is 22.0. The molecule has 1 N–H and O–H groups in total. The zero-order valence-corrected chi connectivity index (χ0v) is 14.2. The Morgan fingerprint density at radius 3 is 2.59 bits per heavy atom. The van der Waals surface area contributed by atoms with Gasteiger partial charge in [-0.2, -0.15) is 0 Å². The van der Waals surface area contributed by atoms with Crippen LogP contribution in [0.1, 0.15) is 39.0 Å². The van der Waals surface area contributed by atoms with Gasteiger partial charge in [0.15, 0.2) is 0 Å². The molecule has 2 fully saturated rings. The molecule has 3 rings (SSSR count). The summed E-state index contributed by atoms with van der Waals surface area (Å²) in [5.41, 5.74) is 1.38. The van der Waals surface area contributed by atoms with Crippen LogP contribution in [0.15, 0.2) is 30.3 Å². The van der Waals surface area contributed by atoms with Gasteiger partial charge in [0, 0.05) is 18.2 Å². The van der Waals surface area contributed by atoms with E-state index in [2.05, 4.69) is 24.4 Å². The number of nitrogens with zero attached hydrogens (tertiary/aromatic N) is 1. The van der Waals surface area contributed by atoms with Crippen LogP contribution in [-0.2, 0) is 4.79 Å². The second-order valence-corrected chi connectivity index (χ2v) is 6.55. The van der Waals surface area contributed by atoms with Crippen LogP contribution in [-0.4, -0.2) is 25.5 Å². The number of halogens is 1. The van der Waals surface area contributed by atoms with E-state index in [0.29, 0.717) is 11.3 Å². The van der Waals surface area contributed by atoms with Crippen molar-refractivity contribution in [2.45, 2.75) is 39.0 Å². The van der Waals surface area contributed by atoms with Crippen LogP contribution in [0.4, 0.5) is 5.69 Å². The van der Waals surface area contributed by atoms with Crippen molar-refractivity contribution in [1.29, 1.82) is 0 Å². The quantitative estimate of drug-likeness (QED) is 0.897. The van der Waals surface area contributed by atoms with Crippen LogP contribution in [0.5, 0.6) is 0 Å². The van der Waals surface area contributed by atoms with Gasteiger partial charge in [-0.15, -0.1) is 12.4 Å². The molecule has 1 aromatic carbocycles. The summed E-state index contributed by atoms with van der Waals surface area (Å²) in [4.78, 5) is 15.0. The molecule has 1 aliphatic heterocycles. The number of hydrogen-bond donors (Lipinski definition) is 1. The molecule has 1 aliphatic carbocycles. The van der Waals surface area contributed by atoms with Gasteiger partial charge in [-0.3, -0.25) is 4.79 Å². The van der Waals surface area contributed by atoms with Gasteiger partial charge in [-0.1, -0.05) is 31.5 Å². The second kappa shape index (κ2) is 7.47. The Labute approximate surface area is 139 Å². The minimum absolute atomic E-state index is 0. The van der Waals surface area contributed by atoms with E-state index in [1.54, 1.807) is 0 Å². The summed E-state index contributed by atoms with van der Waals surface area (Å²) in [5.74, 6) is 0.619. The molecular formula is C18H27ClN2O. The van der Waals surface area contributed by atoms with Crippen LogP contribution in [0.3, 0.4) is 0 Å². The van der Waals surface area contributed by atoms with Crippen LogP contribution >= 0.6 is 12.4 Å². The highest BCUT2D eigenvalue weighted by atomic mass is 35.5. The molecule has 0 radical (unpaired) electrons. The third-order valence-corrected chi connectivity index (χ3v) is 5.16. The minimum atomic E-state index is 0. The lowest BCUT2D eigenvalue weighted by atomic mass is 9.91. The van der Waals surface area contributed by atoms with Crippen LogP contribution in [0, 0.1) is 11.3 Å². The summed E-state index contributed by atoms with van der Waals surface area (Å²) in [5, 5.41) is 3.41. The van der Waals surface area contributed by atoms with Crippen LogP contribution < -0.4 is 10.2 Å². The maximum atomic E-state index is 13.0. The molecule has 2 aliphatic rings. The smallest absolute Gasteiger partial charge is 0.230 e. The van der Waals surface area contributed by atoms with Gasteiger partial charge in [-0.25, -0.2) is 0 Å². The Hall–Kier alpha value is -1.06. The monoisotopic (exact) mass is 322 g/mol. The highest BCUT2D eigenvalue weighted by molar-refractivity contribution is 5.97. The summed E-state index contributed by atoms with van der Waals surface area (Å²) in [6.07, 6.45) is 5.63. The molecule has 1 heterocycles. The molecular weight excluding hydrogens is 296 g/mol. The Morgan fingerprint density at radius 1 is 1.27 bits per heavy atom. The number of amides is 1. The van der Waals surface area contributed by atoms with Crippen molar-refractivity contribution < 1.29 is 4.79 Å². The number of carbonyl (C=O) groups is 1. The minimum Gasteiger partial charge on any atom is -0.317 e. The second-order valence-electron chi connectivity index (χ2n) is 6.55. The van der Waals surface area contributed by atoms with Gasteiger partial charge >= 0.3 is 0 Å². The van der Waals surface area contributed by atoms with Gasteiger partial charge < -0.3 is 10.2 Å². The van der Waals surface area contributed by atoms with Gasteiger partial charge in [0.25, 0.3) is 0 Å². The number of anilines is 1. The fourth-order valence-electron chi connectivity index (χ4n) is 3.65. The number of nitrogens with one attached hydrogen (secondary N) is 1. The molecule has 22 heavy (non-hydrogen) atoms. The molecule has 1 unspecified atom stereocenters. The van der Waals surface area contributed by atoms with E-state index in [1.165, 1.54) is 12.8 Å². The van der Waals surface area contributed by atoms with Gasteiger partial charge in [-0.05, 0) is 56.3 Å². The van der Waals surface area contributed by atoms with Crippen molar-refractivity contribution in [2.24, 2.45) is 11.3 Å². The summed E-state index contributed by atoms with van der Waals surface area (Å²) >= 11 is 0. The predicted molar refractivity (Wildman–Crippen MR) is 93.6 cm³/mol. The van der Waals surface area contributed by atoms with E-state index < -0.39 is 0 Å². The van der Waals surface area contributed by atoms with Crippen molar-refractivity contribution in [3.63, 3.8) is 0 Å². The topological polar surface area (TPSA) is 32.3 Å². The zero-order chi connectivity index (χ0) is 14.7. The molecule has 1 atom stereocenters. The highest BCUT2D eigenvalue weighted by Crippen LogP contribution is 2.59. The van der Waals surface area contributed by atoms with Crippen LogP contribution in [0.25, 0.3) is 0 Å². The van der Waals surface area contributed by atoms with E-state index >= 15 is 0 Å². The molecule has 1 saturated carbocycles. The summed E-state index contributed by atoms with van der Waals surface area (Å²) < 4.78 is 0. The Bertz CT molecular complexity index is 485. The molecule has 1 saturated heterocycles. The van der Waals surface area contributed by atoms with Gasteiger partial charge in [0.1, 0.15) is 0 Å². The first kappa shape index (κ1) is 17.3. The first-order chi connectivity index (χ1) is 10.3. The fourth-order valence-corrected chi connectivity index (χ4v) is 3.65. The standard InChI is InChI=1S/C18H26N2O.ClH/c1-2-3-13-20(15-7-5-4-6-8-15)17(21)16-14-18(16)9-11-19-12-10-18;/h4-8,16,19H,2-3,9-14H2,1H3;1H. The summed E-state index contributed by atoms with van der Waals surface area (Å²) in [6, 6.07) is 10.2. The molecule has 1 aromatic rings. The first-order valence-electron chi connectivity index (χ1n) is 8.34. The summed E-state index contributed by atoms with van der Waals surface area (Å²) in [6.45, 7) is 5.18. The number of hydrogen-bond acceptors (Lipinski definition) is 2. The van der Waals surface area contributed by atoms with Gasteiger partial charge in [0.2, 0.25) is 5.91 Å². The van der Waals surface area contributed by atoms with Gasteiger partial charge in [0.05, 0.1) is 0 Å². The van der Waals surface area contributed by atoms with Crippen molar-refractivity contribution in [2.75, 3.05) is 24.5 Å². The van der Waals surface area contributed by atoms with E-state index in [4.69, 9.17) is 0 Å². The number of piperidine rings is 1. The number of para-hydroxylation sites is 1. The first-order valence-corrected chi connectivity index (χ1v) is 8.34. The molecule has 1 spiro atoms. The lowest BCUT2D eigenvalue weighted by Gasteiger charge is -2.27. The van der Waals surface area contributed by atoms with E-state index in [9.17, 15) is 4.79 Å². The van der Waals surface area contributed by atoms with Crippen molar-refractivity contribution in [1.82, 2.24) is 5.32 Å². The highest BCUT2D eigenvalue weighted by Gasteiger charge is 2.58. The molecule has 122 valence electrons. The lowest BCUT2D eigenvalue weighted by Crippen LogP contribution is -2.37. The Morgan fingerprint density at radius 2 is 1.95 bits per heavy atom. The largest absolute Gasteiger partial charge is 0.317 e. The van der Waals surface area contributed by atoms with Crippen LogP contribution in [0.2, 0.25) is 0 Å². The van der Waals surface area contributed by atoms with E-state index in [-0.39, 0.29) is 18.3 Å². The van der Waals surface area contributed by atoms with Crippen molar-refractivity contribution >= 4 is 24.0 Å². The van der Waals surface area contributed by atoms with E-state index in [0.717, 1.165) is 44.6 Å². The number of benzene rings is 1. The van der Waals surface area contributed by atoms with Crippen molar-refractivity contribution in [3.8, 4) is 0 Å². The Kier molecular flexibility index (Phi) is 5.87.